The topological polar surface area (TPSA) is 9.23 Å². The summed E-state index contributed by atoms with van der Waals surface area (Å²) in [6.07, 6.45) is 1.72. The van der Waals surface area contributed by atoms with E-state index in [0.29, 0.717) is 6.61 Å². The molecule has 0 aliphatic rings. The largest absolute Gasteiger partial charge is 0.494 e. The molecule has 0 N–H and O–H groups in total. The second kappa shape index (κ2) is 4.78. The van der Waals surface area contributed by atoms with Gasteiger partial charge in [-0.25, -0.2) is 0 Å². The van der Waals surface area contributed by atoms with Crippen LogP contribution in [0.3, 0.4) is 0 Å². The standard InChI is InChI=1S/C10H14O/c1-2-3-9-11-10-7-5-4-6-8-10/h4-8H,2-3,9H2,1H3/i4D,5D,6D,7D,8D. The van der Waals surface area contributed by atoms with Crippen molar-refractivity contribution in [2.24, 2.45) is 0 Å². The Morgan fingerprint density at radius 2 is 2.09 bits per heavy atom. The molecular formula is C10H14O. The van der Waals surface area contributed by atoms with Crippen molar-refractivity contribution in [3.05, 3.63) is 30.2 Å². The van der Waals surface area contributed by atoms with Crippen LogP contribution in [0.15, 0.2) is 30.2 Å². The fourth-order valence-electron chi connectivity index (χ4n) is 0.629. The van der Waals surface area contributed by atoms with E-state index in [9.17, 15) is 0 Å². The van der Waals surface area contributed by atoms with Crippen LogP contribution < -0.4 is 4.74 Å². The molecule has 1 nitrogen and oxygen atoms in total. The highest BCUT2D eigenvalue weighted by Gasteiger charge is 1.88. The number of hydrogen-bond acceptors (Lipinski definition) is 1. The minimum atomic E-state index is -0.391. The molecular weight excluding hydrogens is 136 g/mol. The summed E-state index contributed by atoms with van der Waals surface area (Å²) >= 11 is 0. The first kappa shape index (κ1) is 3.61. The molecule has 0 aliphatic heterocycles. The molecule has 1 rings (SSSR count). The number of benzene rings is 1. The molecule has 0 saturated carbocycles. The van der Waals surface area contributed by atoms with Crippen LogP contribution >= 0.6 is 0 Å². The van der Waals surface area contributed by atoms with Gasteiger partial charge in [0.25, 0.3) is 0 Å². The maximum absolute atomic E-state index is 7.57. The van der Waals surface area contributed by atoms with E-state index >= 15 is 0 Å². The summed E-state index contributed by atoms with van der Waals surface area (Å²) < 4.78 is 42.6. The zero-order valence-electron chi connectivity index (χ0n) is 11.5. The van der Waals surface area contributed by atoms with Crippen molar-refractivity contribution in [3.63, 3.8) is 0 Å². The molecule has 0 aliphatic carbocycles. The third kappa shape index (κ3) is 3.08. The zero-order valence-corrected chi connectivity index (χ0v) is 6.53. The highest BCUT2D eigenvalue weighted by atomic mass is 16.5. The van der Waals surface area contributed by atoms with E-state index in [1.54, 1.807) is 0 Å². The van der Waals surface area contributed by atoms with Gasteiger partial charge in [0.1, 0.15) is 5.75 Å². The third-order valence-electron chi connectivity index (χ3n) is 1.22. The molecule has 0 unspecified atom stereocenters. The smallest absolute Gasteiger partial charge is 0.119 e. The van der Waals surface area contributed by atoms with E-state index in [-0.39, 0.29) is 29.9 Å². The van der Waals surface area contributed by atoms with Crippen LogP contribution in [0, 0.1) is 0 Å². The first-order chi connectivity index (χ1) is 7.50. The Bertz CT molecular complexity index is 362. The number of ether oxygens (including phenoxy) is 1. The lowest BCUT2D eigenvalue weighted by Crippen LogP contribution is -1.95. The molecule has 1 aromatic carbocycles. The summed E-state index contributed by atoms with van der Waals surface area (Å²) in [5, 5.41) is 0. The molecule has 0 amide bonds. The van der Waals surface area contributed by atoms with Gasteiger partial charge in [-0.05, 0) is 18.5 Å². The molecule has 0 atom stereocenters. The summed E-state index contributed by atoms with van der Waals surface area (Å²) in [5.41, 5.74) is 0. The fourth-order valence-corrected chi connectivity index (χ4v) is 0.629. The van der Waals surface area contributed by atoms with Gasteiger partial charge in [-0.3, -0.25) is 0 Å². The Morgan fingerprint density at radius 3 is 2.73 bits per heavy atom. The molecule has 1 heteroatoms. The van der Waals surface area contributed by atoms with Crippen molar-refractivity contribution < 1.29 is 11.6 Å². The van der Waals surface area contributed by atoms with Gasteiger partial charge in [-0.1, -0.05) is 31.5 Å². The Kier molecular flexibility index (Phi) is 1.57. The average Bonchev–Trinajstić information content (AvgIpc) is 2.28. The van der Waals surface area contributed by atoms with Gasteiger partial charge < -0.3 is 4.74 Å². The van der Waals surface area contributed by atoms with E-state index in [0.717, 1.165) is 12.8 Å². The second-order valence-electron chi connectivity index (χ2n) is 2.16. The first-order valence-electron chi connectivity index (χ1n) is 6.20. The molecule has 0 heterocycles. The van der Waals surface area contributed by atoms with Crippen molar-refractivity contribution in [1.82, 2.24) is 0 Å². The zero-order chi connectivity index (χ0) is 12.3. The van der Waals surface area contributed by atoms with Crippen molar-refractivity contribution in [3.8, 4) is 5.75 Å². The van der Waals surface area contributed by atoms with Gasteiger partial charge in [0.15, 0.2) is 0 Å². The lowest BCUT2D eigenvalue weighted by atomic mass is 10.3. The summed E-state index contributed by atoms with van der Waals surface area (Å²) in [5.74, 6) is -0.0561. The van der Waals surface area contributed by atoms with Crippen LogP contribution in [-0.2, 0) is 0 Å². The highest BCUT2D eigenvalue weighted by Crippen LogP contribution is 2.08. The van der Waals surface area contributed by atoms with Crippen LogP contribution in [0.4, 0.5) is 0 Å². The number of para-hydroxylation sites is 1. The summed E-state index contributed by atoms with van der Waals surface area (Å²) in [4.78, 5) is 0. The summed E-state index contributed by atoms with van der Waals surface area (Å²) in [6.45, 7) is 2.36. The van der Waals surface area contributed by atoms with Gasteiger partial charge in [-0.15, -0.1) is 0 Å². The van der Waals surface area contributed by atoms with Gasteiger partial charge in [0.2, 0.25) is 0 Å². The van der Waals surface area contributed by atoms with Crippen LogP contribution in [-0.4, -0.2) is 6.61 Å². The molecule has 0 spiro atoms. The maximum atomic E-state index is 7.57. The number of hydrogen-bond donors (Lipinski definition) is 0. The predicted octanol–water partition coefficient (Wildman–Crippen LogP) is 2.87. The average molecular weight is 155 g/mol. The summed E-state index contributed by atoms with van der Waals surface area (Å²) in [7, 11) is 0. The van der Waals surface area contributed by atoms with Gasteiger partial charge in [0, 0.05) is 0 Å². The van der Waals surface area contributed by atoms with Crippen molar-refractivity contribution in [2.75, 3.05) is 6.61 Å². The molecule has 0 radical (unpaired) electrons. The van der Waals surface area contributed by atoms with Crippen LogP contribution in [0.2, 0.25) is 0 Å². The molecule has 1 aromatic rings. The van der Waals surface area contributed by atoms with E-state index in [2.05, 4.69) is 0 Å². The SMILES string of the molecule is [2H]c1c([2H])c([2H])c(OCCCC)c([2H])c1[2H]. The van der Waals surface area contributed by atoms with E-state index in [1.165, 1.54) is 0 Å². The first-order valence-corrected chi connectivity index (χ1v) is 3.70. The van der Waals surface area contributed by atoms with Crippen molar-refractivity contribution in [1.29, 1.82) is 0 Å². The highest BCUT2D eigenvalue weighted by molar-refractivity contribution is 5.20. The van der Waals surface area contributed by atoms with E-state index in [4.69, 9.17) is 11.6 Å². The molecule has 0 fully saturated rings. The molecule has 0 saturated heterocycles. The van der Waals surface area contributed by atoms with Gasteiger partial charge in [-0.2, -0.15) is 0 Å². The Labute approximate surface area is 75.0 Å². The minimum absolute atomic E-state index is 0.0561. The van der Waals surface area contributed by atoms with E-state index < -0.39 is 6.04 Å². The molecule has 11 heavy (non-hydrogen) atoms. The fraction of sp³-hybridized carbons (Fsp3) is 0.400. The quantitative estimate of drug-likeness (QED) is 0.607. The summed E-state index contributed by atoms with van der Waals surface area (Å²) in [6, 6.07) is -1.65. The normalized spacial score (nSPS) is 15.9. The Balaban J connectivity index is 3.08. The Hall–Kier alpha value is -0.980. The lowest BCUT2D eigenvalue weighted by Gasteiger charge is -2.03. The van der Waals surface area contributed by atoms with Crippen LogP contribution in [0.1, 0.15) is 26.6 Å². The second-order valence-corrected chi connectivity index (χ2v) is 2.16. The van der Waals surface area contributed by atoms with Crippen LogP contribution in [0.5, 0.6) is 5.75 Å². The third-order valence-corrected chi connectivity index (χ3v) is 1.22. The lowest BCUT2D eigenvalue weighted by molar-refractivity contribution is 0.309. The monoisotopic (exact) mass is 155 g/mol. The molecule has 0 aromatic heterocycles. The van der Waals surface area contributed by atoms with Gasteiger partial charge >= 0.3 is 0 Å². The van der Waals surface area contributed by atoms with Crippen molar-refractivity contribution in [2.45, 2.75) is 19.8 Å². The van der Waals surface area contributed by atoms with E-state index in [1.807, 2.05) is 6.92 Å². The van der Waals surface area contributed by atoms with Crippen molar-refractivity contribution >= 4 is 0 Å². The number of unbranched alkanes of at least 4 members (excludes halogenated alkanes) is 1. The molecule has 0 bridgehead atoms. The molecule has 60 valence electrons. The Morgan fingerprint density at radius 1 is 1.36 bits per heavy atom. The predicted molar refractivity (Wildman–Crippen MR) is 46.8 cm³/mol. The van der Waals surface area contributed by atoms with Crippen LogP contribution in [0.25, 0.3) is 0 Å². The maximum Gasteiger partial charge on any atom is 0.119 e. The number of rotatable bonds is 4. The minimum Gasteiger partial charge on any atom is -0.494 e. The van der Waals surface area contributed by atoms with Gasteiger partial charge in [0.05, 0.1) is 13.5 Å².